The minimum atomic E-state index is -0.404. The molecule has 2 saturated heterocycles. The maximum absolute atomic E-state index is 12.0. The fourth-order valence-electron chi connectivity index (χ4n) is 3.34. The Morgan fingerprint density at radius 3 is 2.78 bits per heavy atom. The lowest BCUT2D eigenvalue weighted by Crippen LogP contribution is -2.55. The van der Waals surface area contributed by atoms with Gasteiger partial charge in [0.2, 0.25) is 0 Å². The molecule has 1 amide bonds. The molecule has 1 atom stereocenters. The number of anilines is 1. The third-order valence-corrected chi connectivity index (χ3v) is 4.80. The van der Waals surface area contributed by atoms with Crippen molar-refractivity contribution in [3.05, 3.63) is 18.1 Å². The molecular formula is C16H24N4O3. The Hall–Kier alpha value is -1.73. The number of carbonyl (C=O) groups is 1. The third-order valence-electron chi connectivity index (χ3n) is 4.80. The number of aliphatic hydroxyl groups excluding tert-OH is 1. The van der Waals surface area contributed by atoms with Crippen LogP contribution in [0.3, 0.4) is 0 Å². The van der Waals surface area contributed by atoms with E-state index < -0.39 is 5.60 Å². The van der Waals surface area contributed by atoms with Crippen LogP contribution in [0.4, 0.5) is 5.82 Å². The van der Waals surface area contributed by atoms with Gasteiger partial charge >= 0.3 is 0 Å². The van der Waals surface area contributed by atoms with Crippen molar-refractivity contribution in [3.8, 4) is 0 Å². The average Bonchev–Trinajstić information content (AvgIpc) is 2.58. The van der Waals surface area contributed by atoms with Crippen molar-refractivity contribution < 1.29 is 14.6 Å². The maximum atomic E-state index is 12.0. The largest absolute Gasteiger partial charge is 0.390 e. The molecule has 1 N–H and O–H groups in total. The third kappa shape index (κ3) is 3.16. The summed E-state index contributed by atoms with van der Waals surface area (Å²) >= 11 is 0. The number of aliphatic hydroxyl groups is 1. The molecule has 1 spiro atoms. The summed E-state index contributed by atoms with van der Waals surface area (Å²) in [6, 6.07) is 0. The van der Waals surface area contributed by atoms with Crippen molar-refractivity contribution in [3.63, 3.8) is 0 Å². The molecule has 1 aromatic heterocycles. The van der Waals surface area contributed by atoms with Gasteiger partial charge in [0.1, 0.15) is 11.5 Å². The SMILES string of the molecule is CN(C)C(=O)c1cncc(N2CCC3(CC2)OCCC[C@@H]3O)n1. The second-order valence-electron chi connectivity index (χ2n) is 6.52. The fraction of sp³-hybridized carbons (Fsp3) is 0.688. The van der Waals surface area contributed by atoms with Crippen LogP contribution in [0, 0.1) is 0 Å². The van der Waals surface area contributed by atoms with E-state index in [0.29, 0.717) is 11.5 Å². The topological polar surface area (TPSA) is 78.8 Å². The van der Waals surface area contributed by atoms with Crippen molar-refractivity contribution in [2.45, 2.75) is 37.4 Å². The molecule has 126 valence electrons. The van der Waals surface area contributed by atoms with Crippen LogP contribution in [-0.4, -0.2) is 71.4 Å². The summed E-state index contributed by atoms with van der Waals surface area (Å²) in [5.41, 5.74) is -0.0547. The van der Waals surface area contributed by atoms with Gasteiger partial charge in [0, 0.05) is 33.8 Å². The molecule has 3 heterocycles. The molecule has 0 bridgehead atoms. The smallest absolute Gasteiger partial charge is 0.273 e. The predicted molar refractivity (Wildman–Crippen MR) is 85.4 cm³/mol. The summed E-state index contributed by atoms with van der Waals surface area (Å²) < 4.78 is 5.92. The number of ether oxygens (including phenoxy) is 1. The van der Waals surface area contributed by atoms with Gasteiger partial charge in [-0.3, -0.25) is 9.78 Å². The maximum Gasteiger partial charge on any atom is 0.273 e. The van der Waals surface area contributed by atoms with E-state index in [1.165, 1.54) is 11.1 Å². The van der Waals surface area contributed by atoms with Crippen molar-refractivity contribution in [2.75, 3.05) is 38.7 Å². The average molecular weight is 320 g/mol. The summed E-state index contributed by atoms with van der Waals surface area (Å²) in [7, 11) is 3.40. The molecule has 1 aromatic rings. The highest BCUT2D eigenvalue weighted by Gasteiger charge is 2.43. The zero-order valence-corrected chi connectivity index (χ0v) is 13.7. The first kappa shape index (κ1) is 16.1. The number of rotatable bonds is 2. The molecule has 7 heteroatoms. The zero-order valence-electron chi connectivity index (χ0n) is 13.7. The van der Waals surface area contributed by atoms with Crippen LogP contribution in [0.25, 0.3) is 0 Å². The zero-order chi connectivity index (χ0) is 16.4. The molecule has 0 saturated carbocycles. The van der Waals surface area contributed by atoms with E-state index in [1.807, 2.05) is 0 Å². The van der Waals surface area contributed by atoms with Crippen molar-refractivity contribution in [1.29, 1.82) is 0 Å². The van der Waals surface area contributed by atoms with Gasteiger partial charge < -0.3 is 19.6 Å². The van der Waals surface area contributed by atoms with Gasteiger partial charge in [-0.05, 0) is 25.7 Å². The Morgan fingerprint density at radius 1 is 1.39 bits per heavy atom. The van der Waals surface area contributed by atoms with E-state index in [0.717, 1.165) is 45.4 Å². The second-order valence-corrected chi connectivity index (χ2v) is 6.52. The molecule has 0 radical (unpaired) electrons. The summed E-state index contributed by atoms with van der Waals surface area (Å²) in [5.74, 6) is 0.553. The Morgan fingerprint density at radius 2 is 2.13 bits per heavy atom. The van der Waals surface area contributed by atoms with E-state index in [4.69, 9.17) is 4.74 Å². The summed E-state index contributed by atoms with van der Waals surface area (Å²) in [5, 5.41) is 10.3. The van der Waals surface area contributed by atoms with E-state index >= 15 is 0 Å². The van der Waals surface area contributed by atoms with Crippen LogP contribution >= 0.6 is 0 Å². The fourth-order valence-corrected chi connectivity index (χ4v) is 3.34. The molecule has 3 rings (SSSR count). The molecule has 2 aliphatic rings. The number of amides is 1. The van der Waals surface area contributed by atoms with E-state index in [2.05, 4.69) is 14.9 Å². The Labute approximate surface area is 136 Å². The van der Waals surface area contributed by atoms with Gasteiger partial charge in [0.15, 0.2) is 0 Å². The minimum Gasteiger partial charge on any atom is -0.390 e. The Bertz CT molecular complexity index is 570. The standard InChI is InChI=1S/C16H24N4O3/c1-19(2)15(22)12-10-17-11-14(18-12)20-7-5-16(6-8-20)13(21)4-3-9-23-16/h10-11,13,21H,3-9H2,1-2H3/t13-/m0/s1. The normalized spacial score (nSPS) is 23.8. The van der Waals surface area contributed by atoms with Gasteiger partial charge in [-0.15, -0.1) is 0 Å². The minimum absolute atomic E-state index is 0.154. The van der Waals surface area contributed by atoms with E-state index in [-0.39, 0.29) is 12.0 Å². The number of hydrogen-bond donors (Lipinski definition) is 1. The van der Waals surface area contributed by atoms with Crippen LogP contribution in [0.5, 0.6) is 0 Å². The molecule has 0 aromatic carbocycles. The second kappa shape index (κ2) is 6.41. The first-order valence-electron chi connectivity index (χ1n) is 8.12. The van der Waals surface area contributed by atoms with Crippen LogP contribution in [0.2, 0.25) is 0 Å². The molecule has 0 unspecified atom stereocenters. The van der Waals surface area contributed by atoms with Crippen LogP contribution in [0.1, 0.15) is 36.2 Å². The van der Waals surface area contributed by atoms with Gasteiger partial charge in [-0.2, -0.15) is 0 Å². The van der Waals surface area contributed by atoms with Crippen LogP contribution in [-0.2, 0) is 4.74 Å². The van der Waals surface area contributed by atoms with Crippen molar-refractivity contribution in [2.24, 2.45) is 0 Å². The molecular weight excluding hydrogens is 296 g/mol. The molecule has 23 heavy (non-hydrogen) atoms. The summed E-state index contributed by atoms with van der Waals surface area (Å²) in [6.45, 7) is 2.21. The highest BCUT2D eigenvalue weighted by molar-refractivity contribution is 5.91. The molecule has 2 fully saturated rings. The highest BCUT2D eigenvalue weighted by atomic mass is 16.5. The Kier molecular flexibility index (Phi) is 4.50. The van der Waals surface area contributed by atoms with Gasteiger partial charge in [0.25, 0.3) is 5.91 Å². The summed E-state index contributed by atoms with van der Waals surface area (Å²) in [4.78, 5) is 24.2. The van der Waals surface area contributed by atoms with E-state index in [9.17, 15) is 9.90 Å². The number of hydrogen-bond acceptors (Lipinski definition) is 6. The van der Waals surface area contributed by atoms with Crippen molar-refractivity contribution in [1.82, 2.24) is 14.9 Å². The molecule has 7 nitrogen and oxygen atoms in total. The molecule has 2 aliphatic heterocycles. The number of nitrogens with zero attached hydrogens (tertiary/aromatic N) is 4. The van der Waals surface area contributed by atoms with Crippen LogP contribution in [0.15, 0.2) is 12.4 Å². The first-order chi connectivity index (χ1) is 11.0. The lowest BCUT2D eigenvalue weighted by atomic mass is 9.82. The van der Waals surface area contributed by atoms with Crippen LogP contribution < -0.4 is 4.90 Å². The number of piperidine rings is 1. The predicted octanol–water partition coefficient (Wildman–Crippen LogP) is 0.689. The highest BCUT2D eigenvalue weighted by Crippen LogP contribution is 2.36. The van der Waals surface area contributed by atoms with Gasteiger partial charge in [-0.25, -0.2) is 4.98 Å². The lowest BCUT2D eigenvalue weighted by molar-refractivity contribution is -0.164. The monoisotopic (exact) mass is 320 g/mol. The van der Waals surface area contributed by atoms with Crippen molar-refractivity contribution >= 4 is 11.7 Å². The van der Waals surface area contributed by atoms with E-state index in [1.54, 1.807) is 20.3 Å². The quantitative estimate of drug-likeness (QED) is 0.864. The Balaban J connectivity index is 1.70. The van der Waals surface area contributed by atoms with Gasteiger partial charge in [-0.1, -0.05) is 0 Å². The lowest BCUT2D eigenvalue weighted by Gasteiger charge is -2.46. The molecule has 0 aliphatic carbocycles. The number of aromatic nitrogens is 2. The van der Waals surface area contributed by atoms with Gasteiger partial charge in [0.05, 0.1) is 24.1 Å². The summed E-state index contributed by atoms with van der Waals surface area (Å²) in [6.07, 6.45) is 6.06. The first-order valence-corrected chi connectivity index (χ1v) is 8.12. The number of carbonyl (C=O) groups excluding carboxylic acids is 1.